The number of amides is 2. The van der Waals surface area contributed by atoms with E-state index in [1.165, 1.54) is 13.0 Å². The molecule has 4 rings (SSSR count). The zero-order valence-electron chi connectivity index (χ0n) is 18.9. The predicted octanol–water partition coefficient (Wildman–Crippen LogP) is 5.76. The number of benzene rings is 1. The van der Waals surface area contributed by atoms with Crippen molar-refractivity contribution in [3.05, 3.63) is 75.2 Å². The fourth-order valence-corrected chi connectivity index (χ4v) is 4.54. The second-order valence-corrected chi connectivity index (χ2v) is 8.95. The van der Waals surface area contributed by atoms with E-state index in [0.717, 1.165) is 17.2 Å². The highest BCUT2D eigenvalue weighted by Crippen LogP contribution is 2.40. The smallest absolute Gasteiger partial charge is 0.433 e. The fourth-order valence-electron chi connectivity index (χ4n) is 3.49. The molecular formula is C24H20F3N3O4S. The van der Waals surface area contributed by atoms with Gasteiger partial charge >= 0.3 is 6.18 Å². The van der Waals surface area contributed by atoms with Crippen LogP contribution in [0.4, 0.5) is 18.9 Å². The summed E-state index contributed by atoms with van der Waals surface area (Å²) in [6.45, 7) is 5.36. The average Bonchev–Trinajstić information content (AvgIpc) is 3.39. The van der Waals surface area contributed by atoms with Gasteiger partial charge in [-0.2, -0.15) is 13.2 Å². The van der Waals surface area contributed by atoms with Gasteiger partial charge in [0, 0.05) is 5.39 Å². The van der Waals surface area contributed by atoms with E-state index < -0.39 is 23.7 Å². The van der Waals surface area contributed by atoms with Gasteiger partial charge in [0.25, 0.3) is 11.8 Å². The number of hydrogen-bond donors (Lipinski definition) is 2. The number of furan rings is 1. The van der Waals surface area contributed by atoms with Crippen molar-refractivity contribution in [1.29, 1.82) is 0 Å². The summed E-state index contributed by atoms with van der Waals surface area (Å²) in [5.74, 6) is -0.613. The Hall–Kier alpha value is -3.86. The Balaban J connectivity index is 1.59. The van der Waals surface area contributed by atoms with E-state index in [1.807, 2.05) is 32.0 Å². The number of ether oxygens (including phenoxy) is 1. The van der Waals surface area contributed by atoms with Gasteiger partial charge in [0.2, 0.25) is 0 Å². The van der Waals surface area contributed by atoms with Crippen LogP contribution in [0, 0.1) is 20.8 Å². The van der Waals surface area contributed by atoms with Crippen LogP contribution in [0.15, 0.2) is 40.8 Å². The third-order valence-electron chi connectivity index (χ3n) is 5.21. The maximum Gasteiger partial charge on any atom is 0.433 e. The van der Waals surface area contributed by atoms with Crippen molar-refractivity contribution in [2.24, 2.45) is 5.73 Å². The highest BCUT2D eigenvalue weighted by molar-refractivity contribution is 7.21. The van der Waals surface area contributed by atoms with Crippen molar-refractivity contribution in [3.63, 3.8) is 0 Å². The number of thiophene rings is 1. The molecule has 0 saturated carbocycles. The number of nitrogens with zero attached hydrogens (tertiary/aromatic N) is 1. The Kier molecular flexibility index (Phi) is 6.28. The summed E-state index contributed by atoms with van der Waals surface area (Å²) in [7, 11) is 0. The van der Waals surface area contributed by atoms with Crippen molar-refractivity contribution in [2.75, 3.05) is 5.32 Å². The summed E-state index contributed by atoms with van der Waals surface area (Å²) in [6.07, 6.45) is -4.66. The van der Waals surface area contributed by atoms with Gasteiger partial charge in [-0.15, -0.1) is 11.3 Å². The number of nitrogens with one attached hydrogen (secondary N) is 1. The van der Waals surface area contributed by atoms with Crippen molar-refractivity contribution in [3.8, 4) is 5.75 Å². The number of anilines is 1. The molecule has 0 aliphatic rings. The third-order valence-corrected chi connectivity index (χ3v) is 6.31. The van der Waals surface area contributed by atoms with Crippen molar-refractivity contribution < 1.29 is 31.9 Å². The molecular weight excluding hydrogens is 483 g/mol. The lowest BCUT2D eigenvalue weighted by molar-refractivity contribution is -0.141. The number of halogens is 3. The van der Waals surface area contributed by atoms with Gasteiger partial charge in [0.05, 0.1) is 5.69 Å². The molecule has 0 atom stereocenters. The molecule has 0 saturated heterocycles. The predicted molar refractivity (Wildman–Crippen MR) is 125 cm³/mol. The Morgan fingerprint density at radius 2 is 1.86 bits per heavy atom. The Bertz CT molecular complexity index is 1460. The number of hydrogen-bond acceptors (Lipinski definition) is 6. The lowest BCUT2D eigenvalue weighted by atomic mass is 10.1. The Labute approximate surface area is 201 Å². The first-order valence-electron chi connectivity index (χ1n) is 10.4. The lowest BCUT2D eigenvalue weighted by Crippen LogP contribution is -2.16. The molecule has 0 aliphatic carbocycles. The number of aromatic nitrogens is 1. The van der Waals surface area contributed by atoms with Crippen LogP contribution in [0.2, 0.25) is 0 Å². The van der Waals surface area contributed by atoms with Gasteiger partial charge in [-0.05, 0) is 61.7 Å². The summed E-state index contributed by atoms with van der Waals surface area (Å²) < 4.78 is 50.9. The highest BCUT2D eigenvalue weighted by atomic mass is 32.1. The van der Waals surface area contributed by atoms with Gasteiger partial charge < -0.3 is 20.2 Å². The summed E-state index contributed by atoms with van der Waals surface area (Å²) in [5.41, 5.74) is 6.47. The lowest BCUT2D eigenvalue weighted by Gasteiger charge is -2.09. The van der Waals surface area contributed by atoms with Crippen LogP contribution in [0.1, 0.15) is 48.4 Å². The van der Waals surface area contributed by atoms with Crippen LogP contribution in [0.25, 0.3) is 10.2 Å². The monoisotopic (exact) mass is 503 g/mol. The number of aryl methyl sites for hydroxylation is 3. The zero-order chi connectivity index (χ0) is 25.5. The Morgan fingerprint density at radius 3 is 2.54 bits per heavy atom. The van der Waals surface area contributed by atoms with Crippen LogP contribution in [0.3, 0.4) is 0 Å². The SMILES string of the molecule is Cc1ccc(C)c(OCc2ccc(C(=O)Nc3c(C(N)=O)sc4nc(C(F)(F)F)cc(C)c34)o2)c1. The number of fused-ring (bicyclic) bond motifs is 1. The second kappa shape index (κ2) is 9.06. The van der Waals surface area contributed by atoms with Gasteiger partial charge in [-0.1, -0.05) is 12.1 Å². The summed E-state index contributed by atoms with van der Waals surface area (Å²) >= 11 is 0.676. The molecule has 7 nitrogen and oxygen atoms in total. The molecule has 35 heavy (non-hydrogen) atoms. The maximum atomic E-state index is 13.2. The average molecular weight is 504 g/mol. The van der Waals surface area contributed by atoms with E-state index in [-0.39, 0.29) is 38.7 Å². The van der Waals surface area contributed by atoms with E-state index in [4.69, 9.17) is 14.9 Å². The van der Waals surface area contributed by atoms with Gasteiger partial charge in [-0.3, -0.25) is 9.59 Å². The highest BCUT2D eigenvalue weighted by Gasteiger charge is 2.34. The summed E-state index contributed by atoms with van der Waals surface area (Å²) in [6, 6.07) is 9.64. The number of rotatable bonds is 6. The topological polar surface area (TPSA) is 107 Å². The number of pyridine rings is 1. The minimum absolute atomic E-state index is 0.00851. The molecule has 11 heteroatoms. The van der Waals surface area contributed by atoms with E-state index in [9.17, 15) is 22.8 Å². The minimum atomic E-state index is -4.66. The molecule has 2 amide bonds. The van der Waals surface area contributed by atoms with Crippen LogP contribution in [-0.2, 0) is 12.8 Å². The molecule has 0 aliphatic heterocycles. The number of carbonyl (C=O) groups is 2. The van der Waals surface area contributed by atoms with Crippen molar-refractivity contribution in [1.82, 2.24) is 4.98 Å². The summed E-state index contributed by atoms with van der Waals surface area (Å²) in [5, 5.41) is 2.75. The minimum Gasteiger partial charge on any atom is -0.485 e. The first kappa shape index (κ1) is 24.3. The molecule has 0 radical (unpaired) electrons. The van der Waals surface area contributed by atoms with Crippen molar-refractivity contribution >= 4 is 39.1 Å². The van der Waals surface area contributed by atoms with Crippen LogP contribution >= 0.6 is 11.3 Å². The van der Waals surface area contributed by atoms with E-state index >= 15 is 0 Å². The molecule has 0 fully saturated rings. The second-order valence-electron chi connectivity index (χ2n) is 7.95. The fraction of sp³-hybridized carbons (Fsp3) is 0.208. The molecule has 3 heterocycles. The molecule has 1 aromatic carbocycles. The normalized spacial score (nSPS) is 11.6. The number of carbonyl (C=O) groups excluding carboxylic acids is 2. The molecule has 0 unspecified atom stereocenters. The van der Waals surface area contributed by atoms with E-state index in [1.54, 1.807) is 6.07 Å². The largest absolute Gasteiger partial charge is 0.485 e. The zero-order valence-corrected chi connectivity index (χ0v) is 19.7. The third kappa shape index (κ3) is 4.99. The van der Waals surface area contributed by atoms with E-state index in [0.29, 0.717) is 22.8 Å². The molecule has 0 bridgehead atoms. The molecule has 3 N–H and O–H groups in total. The van der Waals surface area contributed by atoms with Crippen LogP contribution < -0.4 is 15.8 Å². The molecule has 182 valence electrons. The quantitative estimate of drug-likeness (QED) is 0.348. The van der Waals surface area contributed by atoms with Gasteiger partial charge in [0.1, 0.15) is 33.5 Å². The first-order chi connectivity index (χ1) is 16.4. The molecule has 3 aromatic heterocycles. The first-order valence-corrected chi connectivity index (χ1v) is 11.2. The van der Waals surface area contributed by atoms with Gasteiger partial charge in [0.15, 0.2) is 5.76 Å². The molecule has 4 aromatic rings. The summed E-state index contributed by atoms with van der Waals surface area (Å²) in [4.78, 5) is 28.3. The van der Waals surface area contributed by atoms with Crippen LogP contribution in [0.5, 0.6) is 5.75 Å². The molecule has 0 spiro atoms. The van der Waals surface area contributed by atoms with Crippen molar-refractivity contribution in [2.45, 2.75) is 33.6 Å². The maximum absolute atomic E-state index is 13.2. The Morgan fingerprint density at radius 1 is 1.11 bits per heavy atom. The van der Waals surface area contributed by atoms with Crippen LogP contribution in [-0.4, -0.2) is 16.8 Å². The standard InChI is InChI=1S/C24H20F3N3O4S/c1-11-4-5-12(2)16(8-11)33-10-14-6-7-15(34-14)22(32)30-19-18-13(3)9-17(24(25,26)27)29-23(18)35-20(19)21(28)31/h4-9H,10H2,1-3H3,(H2,28,31)(H,30,32). The van der Waals surface area contributed by atoms with Gasteiger partial charge in [-0.25, -0.2) is 4.98 Å². The van der Waals surface area contributed by atoms with E-state index in [2.05, 4.69) is 10.3 Å². The number of nitrogens with two attached hydrogens (primary N) is 1. The number of alkyl halides is 3. The number of primary amides is 1.